The lowest BCUT2D eigenvalue weighted by molar-refractivity contribution is 0.0893. The molecule has 0 unspecified atom stereocenters. The highest BCUT2D eigenvalue weighted by Gasteiger charge is 2.51. The van der Waals surface area contributed by atoms with Gasteiger partial charge in [0.1, 0.15) is 42.3 Å². The quantitative estimate of drug-likeness (QED) is 0.0755. The summed E-state index contributed by atoms with van der Waals surface area (Å²) in [5, 5.41) is 22.4. The van der Waals surface area contributed by atoms with Crippen LogP contribution >= 0.6 is 0 Å². The molecule has 0 amide bonds. The van der Waals surface area contributed by atoms with E-state index in [1.165, 1.54) is 45.5 Å². The number of hydrogen-bond acceptors (Lipinski definition) is 11. The van der Waals surface area contributed by atoms with Crippen molar-refractivity contribution in [2.24, 2.45) is 0 Å². The van der Waals surface area contributed by atoms with Crippen molar-refractivity contribution in [2.45, 2.75) is 85.0 Å². The number of hydrogen-bond donors (Lipinski definition) is 1. The topological polar surface area (TPSA) is 214 Å². The number of halogens is 2. The summed E-state index contributed by atoms with van der Waals surface area (Å²) in [6.07, 6.45) is 10.6. The van der Waals surface area contributed by atoms with Gasteiger partial charge in [-0.3, -0.25) is 0 Å². The molecule has 2 aromatic carbocycles. The normalized spacial score (nSPS) is 15.7. The van der Waals surface area contributed by atoms with Crippen LogP contribution in [0.2, 0.25) is 25.7 Å². The van der Waals surface area contributed by atoms with Crippen LogP contribution in [-0.2, 0) is 42.6 Å². The van der Waals surface area contributed by atoms with Crippen LogP contribution < -0.4 is 0 Å². The van der Waals surface area contributed by atoms with Gasteiger partial charge in [0.25, 0.3) is 0 Å². The zero-order valence-corrected chi connectivity index (χ0v) is 42.0. The highest BCUT2D eigenvalue weighted by Crippen LogP contribution is 2.44. The number of ether oxygens (including phenoxy) is 1. The van der Waals surface area contributed by atoms with E-state index in [1.807, 2.05) is 44.4 Å². The Kier molecular flexibility index (Phi) is 15.0. The van der Waals surface area contributed by atoms with Gasteiger partial charge in [0.05, 0.1) is 70.0 Å². The number of fused-ring (bicyclic) bond motifs is 4. The summed E-state index contributed by atoms with van der Waals surface area (Å²) in [6.45, 7) is 11.8. The molecule has 380 valence electrons. The molecule has 0 spiro atoms. The molecular formula is C50H60F2N12O5S2Si. The highest BCUT2D eigenvalue weighted by molar-refractivity contribution is 7.89. The van der Waals surface area contributed by atoms with E-state index in [1.54, 1.807) is 32.2 Å². The summed E-state index contributed by atoms with van der Waals surface area (Å²) in [5.41, 5.74) is 3.94. The third kappa shape index (κ3) is 9.66. The molecule has 8 aromatic rings. The fraction of sp³-hybridized carbons (Fsp3) is 0.400. The van der Waals surface area contributed by atoms with Gasteiger partial charge in [-0.25, -0.2) is 45.6 Å². The largest absolute Gasteiger partial charge is 0.361 e. The second-order valence-electron chi connectivity index (χ2n) is 19.2. The minimum absolute atomic E-state index is 0. The zero-order valence-electron chi connectivity index (χ0n) is 39.4. The van der Waals surface area contributed by atoms with Crippen molar-refractivity contribution in [3.63, 3.8) is 0 Å². The summed E-state index contributed by atoms with van der Waals surface area (Å²) in [7, 11) is -7.98. The number of sulfonamides is 2. The fourth-order valence-corrected chi connectivity index (χ4v) is 12.7. The van der Waals surface area contributed by atoms with Crippen LogP contribution in [0.4, 0.5) is 8.78 Å². The molecule has 1 N–H and O–H groups in total. The summed E-state index contributed by atoms with van der Waals surface area (Å²) in [4.78, 5) is 20.9. The van der Waals surface area contributed by atoms with Crippen molar-refractivity contribution in [1.29, 1.82) is 10.5 Å². The predicted molar refractivity (Wildman–Crippen MR) is 279 cm³/mol. The second kappa shape index (κ2) is 20.2. The van der Waals surface area contributed by atoms with Crippen molar-refractivity contribution in [2.75, 3.05) is 44.3 Å². The van der Waals surface area contributed by atoms with Gasteiger partial charge < -0.3 is 23.4 Å². The monoisotopic (exact) mass is 1040 g/mol. The molecule has 2 saturated heterocycles. The van der Waals surface area contributed by atoms with Crippen LogP contribution in [-0.4, -0.2) is 116 Å². The Balaban J connectivity index is 0.000000210. The molecule has 0 saturated carbocycles. The van der Waals surface area contributed by atoms with Crippen LogP contribution in [0.5, 0.6) is 0 Å². The summed E-state index contributed by atoms with van der Waals surface area (Å²) in [6, 6.07) is 18.3. The molecule has 6 aromatic heterocycles. The Morgan fingerprint density at radius 1 is 0.708 bits per heavy atom. The molecule has 8 heterocycles. The maximum atomic E-state index is 14.5. The maximum absolute atomic E-state index is 14.5. The zero-order chi connectivity index (χ0) is 49.8. The Morgan fingerprint density at radius 3 is 1.69 bits per heavy atom. The molecule has 2 fully saturated rings. The van der Waals surface area contributed by atoms with Crippen LogP contribution in [0.1, 0.15) is 41.5 Å². The molecule has 0 bridgehead atoms. The van der Waals surface area contributed by atoms with E-state index in [4.69, 9.17) is 4.74 Å². The third-order valence-electron chi connectivity index (χ3n) is 13.4. The van der Waals surface area contributed by atoms with Gasteiger partial charge in [0.2, 0.25) is 20.0 Å². The van der Waals surface area contributed by atoms with Gasteiger partial charge in [-0.2, -0.15) is 19.1 Å². The van der Waals surface area contributed by atoms with Gasteiger partial charge >= 0.3 is 0 Å². The fourth-order valence-electron chi connectivity index (χ4n) is 9.49. The first-order valence-electron chi connectivity index (χ1n) is 22.8. The third-order valence-corrected chi connectivity index (χ3v) is 18.7. The lowest BCUT2D eigenvalue weighted by Gasteiger charge is -2.49. The first-order valence-corrected chi connectivity index (χ1v) is 29.8. The summed E-state index contributed by atoms with van der Waals surface area (Å²) < 4.78 is 92.7. The SMILES string of the molecule is C.C.CCS(=O)(=O)N1CC(CC#N)(n2cc(-c3ncnc4[nH]ccc34)c3ccc(F)cc32)C1.CCS(=O)(=O)N1CC(CC#N)(n2cc(-c3ncnc4c3ccn4COCC[Si](C)(C)C)c3ccc(F)cc32)C1. The number of nitrogens with one attached hydrogen (secondary N) is 1. The van der Waals surface area contributed by atoms with Crippen molar-refractivity contribution < 1.29 is 30.4 Å². The first-order chi connectivity index (χ1) is 33.4. The Labute approximate surface area is 419 Å². The molecular weight excluding hydrogens is 979 g/mol. The molecule has 10 rings (SSSR count). The Bertz CT molecular complexity index is 3610. The lowest BCUT2D eigenvalue weighted by Crippen LogP contribution is -2.64. The molecule has 2 aliphatic rings. The molecule has 0 radical (unpaired) electrons. The van der Waals surface area contributed by atoms with E-state index in [0.29, 0.717) is 41.4 Å². The van der Waals surface area contributed by atoms with Crippen molar-refractivity contribution in [3.8, 4) is 34.7 Å². The van der Waals surface area contributed by atoms with Gasteiger partial charge in [0.15, 0.2) is 0 Å². The van der Waals surface area contributed by atoms with E-state index in [-0.39, 0.29) is 65.4 Å². The Morgan fingerprint density at radius 2 is 1.21 bits per heavy atom. The van der Waals surface area contributed by atoms with Gasteiger partial charge in [-0.05, 0) is 68.4 Å². The lowest BCUT2D eigenvalue weighted by atomic mass is 9.88. The number of benzene rings is 2. The predicted octanol–water partition coefficient (Wildman–Crippen LogP) is 9.04. The van der Waals surface area contributed by atoms with E-state index in [9.17, 15) is 36.1 Å². The standard InChI is InChI=1S/C27H33FN6O3SSi.C21H19FN6O2S.2CH4/c1-5-38(35,36)33-16-27(17-33,9-10-29)34-15-23(21-7-6-20(28)14-24(21)34)25-22-8-11-32(26(22)31-18-30-25)19-37-12-13-39(2,3)4;1-2-31(29,30)27-11-21(12-27,6-7-23)28-10-17(15-4-3-14(22)9-18(15)28)19-16-5-8-24-20(16)26-13-25-19;;/h6-8,11,14-15,18H,5,9,12-13,16-17,19H2,1-4H3;3-5,8-10,13H,2,6,11-12H2,1H3,(H,24,25,26);2*1H4. The smallest absolute Gasteiger partial charge is 0.213 e. The van der Waals surface area contributed by atoms with Crippen molar-refractivity contribution in [3.05, 3.63) is 97.6 Å². The molecule has 0 aliphatic carbocycles. The minimum Gasteiger partial charge on any atom is -0.361 e. The maximum Gasteiger partial charge on any atom is 0.213 e. The van der Waals surface area contributed by atoms with E-state index < -0.39 is 50.8 Å². The van der Waals surface area contributed by atoms with Crippen LogP contribution in [0.25, 0.3) is 66.4 Å². The first kappa shape index (κ1) is 53.4. The average Bonchev–Trinajstić information content (AvgIpc) is 4.12. The van der Waals surface area contributed by atoms with Gasteiger partial charge in [-0.1, -0.05) is 34.5 Å². The van der Waals surface area contributed by atoms with Gasteiger partial charge in [0, 0.05) is 98.3 Å². The summed E-state index contributed by atoms with van der Waals surface area (Å²) in [5.74, 6) is -0.835. The number of aromatic amines is 1. The van der Waals surface area contributed by atoms with Crippen LogP contribution in [0.3, 0.4) is 0 Å². The number of nitrogens with zero attached hydrogens (tertiary/aromatic N) is 11. The van der Waals surface area contributed by atoms with E-state index >= 15 is 0 Å². The minimum atomic E-state index is -3.41. The van der Waals surface area contributed by atoms with Crippen LogP contribution in [0, 0.1) is 34.3 Å². The number of H-pyrrole nitrogens is 1. The molecule has 72 heavy (non-hydrogen) atoms. The van der Waals surface area contributed by atoms with Crippen molar-refractivity contribution >= 4 is 72.0 Å². The number of nitriles is 2. The summed E-state index contributed by atoms with van der Waals surface area (Å²) >= 11 is 0. The number of aromatic nitrogens is 8. The number of rotatable bonds is 15. The van der Waals surface area contributed by atoms with Gasteiger partial charge in [-0.15, -0.1) is 0 Å². The Hall–Kier alpha value is -6.40. The second-order valence-corrected chi connectivity index (χ2v) is 29.3. The van der Waals surface area contributed by atoms with E-state index in [2.05, 4.69) is 56.7 Å². The highest BCUT2D eigenvalue weighted by atomic mass is 32.2. The molecule has 17 nitrogen and oxygen atoms in total. The van der Waals surface area contributed by atoms with Crippen molar-refractivity contribution in [1.82, 2.24) is 47.2 Å². The molecule has 0 atom stereocenters. The van der Waals surface area contributed by atoms with Crippen LogP contribution in [0.15, 0.2) is 86.0 Å². The van der Waals surface area contributed by atoms with E-state index in [0.717, 1.165) is 44.4 Å². The molecule has 2 aliphatic heterocycles. The average molecular weight is 1040 g/mol. The molecule has 22 heteroatoms.